The molecule has 1 aliphatic heterocycles. The molecule has 1 aliphatic rings. The van der Waals surface area contributed by atoms with Gasteiger partial charge in [-0.2, -0.15) is 0 Å². The van der Waals surface area contributed by atoms with E-state index >= 15 is 0 Å². The van der Waals surface area contributed by atoms with E-state index in [0.29, 0.717) is 5.92 Å². The largest absolute Gasteiger partial charge is 0.381 e. The summed E-state index contributed by atoms with van der Waals surface area (Å²) in [5, 5.41) is 3.46. The lowest BCUT2D eigenvalue weighted by molar-refractivity contribution is 0.181. The third kappa shape index (κ3) is 3.70. The lowest BCUT2D eigenvalue weighted by atomic mass is 10.1. The van der Waals surface area contributed by atoms with Crippen LogP contribution in [0.3, 0.4) is 0 Å². The smallest absolute Gasteiger partial charge is 0.193 e. The van der Waals surface area contributed by atoms with Crippen molar-refractivity contribution in [1.82, 2.24) is 19.8 Å². The zero-order valence-corrected chi connectivity index (χ0v) is 14.8. The van der Waals surface area contributed by atoms with E-state index in [-0.39, 0.29) is 0 Å². The monoisotopic (exact) mass is 329 g/mol. The van der Waals surface area contributed by atoms with Crippen molar-refractivity contribution in [2.75, 3.05) is 40.4 Å². The van der Waals surface area contributed by atoms with Crippen LogP contribution in [0.5, 0.6) is 0 Å². The lowest BCUT2D eigenvalue weighted by Crippen LogP contribution is -2.42. The van der Waals surface area contributed by atoms with E-state index in [2.05, 4.69) is 56.9 Å². The Morgan fingerprint density at radius 1 is 1.46 bits per heavy atom. The molecule has 2 heterocycles. The van der Waals surface area contributed by atoms with Crippen molar-refractivity contribution in [1.29, 1.82) is 0 Å². The maximum absolute atomic E-state index is 5.46. The Balaban J connectivity index is 1.56. The molecule has 2 aromatic rings. The number of para-hydroxylation sites is 2. The highest BCUT2D eigenvalue weighted by molar-refractivity contribution is 5.79. The van der Waals surface area contributed by atoms with Gasteiger partial charge in [-0.3, -0.25) is 4.99 Å². The Morgan fingerprint density at radius 2 is 2.29 bits per heavy atom. The quantitative estimate of drug-likeness (QED) is 0.672. The van der Waals surface area contributed by atoms with Crippen LogP contribution in [0.15, 0.2) is 29.3 Å². The fourth-order valence-corrected chi connectivity index (χ4v) is 3.34. The number of guanidine groups is 1. The molecule has 0 aliphatic carbocycles. The molecule has 3 rings (SSSR count). The van der Waals surface area contributed by atoms with E-state index in [1.807, 2.05) is 13.1 Å². The van der Waals surface area contributed by atoms with Crippen molar-refractivity contribution in [3.05, 3.63) is 30.1 Å². The van der Waals surface area contributed by atoms with Gasteiger partial charge in [-0.1, -0.05) is 12.1 Å². The topological polar surface area (TPSA) is 54.7 Å². The van der Waals surface area contributed by atoms with Crippen molar-refractivity contribution in [3.63, 3.8) is 0 Å². The molecule has 1 atom stereocenters. The van der Waals surface area contributed by atoms with E-state index in [0.717, 1.165) is 56.6 Å². The van der Waals surface area contributed by atoms with Crippen LogP contribution in [0.2, 0.25) is 0 Å². The summed E-state index contributed by atoms with van der Waals surface area (Å²) in [4.78, 5) is 11.2. The number of hydrogen-bond donors (Lipinski definition) is 1. The van der Waals surface area contributed by atoms with Crippen LogP contribution < -0.4 is 5.32 Å². The first-order valence-corrected chi connectivity index (χ1v) is 8.60. The standard InChI is InChI=1S/C18H27N5O/c1-14-21-16-6-4-5-7-17(16)23(14)10-9-20-18(19-2)22(3)12-15-8-11-24-13-15/h4-7,15H,8-13H2,1-3H3,(H,19,20). The molecule has 24 heavy (non-hydrogen) atoms. The molecule has 0 radical (unpaired) electrons. The van der Waals surface area contributed by atoms with Gasteiger partial charge in [0.05, 0.1) is 17.6 Å². The highest BCUT2D eigenvalue weighted by Crippen LogP contribution is 2.15. The van der Waals surface area contributed by atoms with Gasteiger partial charge in [0.1, 0.15) is 5.82 Å². The molecule has 0 saturated carbocycles. The second-order valence-electron chi connectivity index (χ2n) is 6.38. The highest BCUT2D eigenvalue weighted by atomic mass is 16.5. The van der Waals surface area contributed by atoms with E-state index < -0.39 is 0 Å². The molecule has 1 saturated heterocycles. The molecule has 6 nitrogen and oxygen atoms in total. The van der Waals surface area contributed by atoms with Crippen LogP contribution in [-0.2, 0) is 11.3 Å². The van der Waals surface area contributed by atoms with Gasteiger partial charge < -0.3 is 19.5 Å². The van der Waals surface area contributed by atoms with Crippen molar-refractivity contribution in [2.24, 2.45) is 10.9 Å². The minimum absolute atomic E-state index is 0.605. The molecule has 0 amide bonds. The van der Waals surface area contributed by atoms with E-state index in [9.17, 15) is 0 Å². The van der Waals surface area contributed by atoms with Gasteiger partial charge in [-0.25, -0.2) is 4.98 Å². The number of hydrogen-bond acceptors (Lipinski definition) is 3. The van der Waals surface area contributed by atoms with Crippen LogP contribution in [0.4, 0.5) is 0 Å². The first-order chi connectivity index (χ1) is 11.7. The van der Waals surface area contributed by atoms with Gasteiger partial charge in [0.2, 0.25) is 0 Å². The normalized spacial score (nSPS) is 18.3. The molecule has 0 bridgehead atoms. The first-order valence-electron chi connectivity index (χ1n) is 8.60. The summed E-state index contributed by atoms with van der Waals surface area (Å²) in [5.41, 5.74) is 2.24. The van der Waals surface area contributed by atoms with Crippen molar-refractivity contribution in [2.45, 2.75) is 19.9 Å². The number of fused-ring (bicyclic) bond motifs is 1. The van der Waals surface area contributed by atoms with Gasteiger partial charge in [0, 0.05) is 46.3 Å². The maximum Gasteiger partial charge on any atom is 0.193 e. The van der Waals surface area contributed by atoms with Crippen LogP contribution in [0.25, 0.3) is 11.0 Å². The predicted octanol–water partition coefficient (Wildman–Crippen LogP) is 1.89. The summed E-state index contributed by atoms with van der Waals surface area (Å²) in [6, 6.07) is 8.27. The number of imidazole rings is 1. The van der Waals surface area contributed by atoms with Crippen molar-refractivity contribution >= 4 is 17.0 Å². The number of ether oxygens (including phenoxy) is 1. The molecular formula is C18H27N5O. The average Bonchev–Trinajstić information content (AvgIpc) is 3.19. The number of nitrogens with one attached hydrogen (secondary N) is 1. The average molecular weight is 329 g/mol. The number of aliphatic imine (C=N–C) groups is 1. The molecule has 130 valence electrons. The SMILES string of the molecule is CN=C(NCCn1c(C)nc2ccccc21)N(C)CC1CCOC1. The number of aryl methyl sites for hydroxylation is 1. The molecular weight excluding hydrogens is 302 g/mol. The summed E-state index contributed by atoms with van der Waals surface area (Å²) in [6.45, 7) is 6.47. The number of rotatable bonds is 5. The second-order valence-corrected chi connectivity index (χ2v) is 6.38. The van der Waals surface area contributed by atoms with E-state index in [1.54, 1.807) is 0 Å². The number of benzene rings is 1. The Kier molecular flexibility index (Phi) is 5.35. The fraction of sp³-hybridized carbons (Fsp3) is 0.556. The maximum atomic E-state index is 5.46. The predicted molar refractivity (Wildman–Crippen MR) is 97.4 cm³/mol. The minimum atomic E-state index is 0.605. The molecule has 1 N–H and O–H groups in total. The van der Waals surface area contributed by atoms with Crippen LogP contribution in [0.1, 0.15) is 12.2 Å². The molecule has 1 unspecified atom stereocenters. The zero-order chi connectivity index (χ0) is 16.9. The number of aromatic nitrogens is 2. The van der Waals surface area contributed by atoms with Gasteiger partial charge in [0.25, 0.3) is 0 Å². The summed E-state index contributed by atoms with van der Waals surface area (Å²) < 4.78 is 7.71. The van der Waals surface area contributed by atoms with Gasteiger partial charge in [0.15, 0.2) is 5.96 Å². The minimum Gasteiger partial charge on any atom is -0.381 e. The Morgan fingerprint density at radius 3 is 3.04 bits per heavy atom. The summed E-state index contributed by atoms with van der Waals surface area (Å²) in [6.07, 6.45) is 1.14. The first kappa shape index (κ1) is 16.8. The second kappa shape index (κ2) is 7.66. The molecule has 0 spiro atoms. The Hall–Kier alpha value is -2.08. The molecule has 1 fully saturated rings. The number of nitrogens with zero attached hydrogens (tertiary/aromatic N) is 4. The van der Waals surface area contributed by atoms with Crippen molar-refractivity contribution < 1.29 is 4.74 Å². The van der Waals surface area contributed by atoms with Crippen LogP contribution in [-0.4, -0.2) is 60.8 Å². The Bertz CT molecular complexity index is 702. The summed E-state index contributed by atoms with van der Waals surface area (Å²) >= 11 is 0. The summed E-state index contributed by atoms with van der Waals surface area (Å²) in [7, 11) is 3.92. The highest BCUT2D eigenvalue weighted by Gasteiger charge is 2.19. The zero-order valence-electron chi connectivity index (χ0n) is 14.8. The van der Waals surface area contributed by atoms with E-state index in [1.165, 1.54) is 5.52 Å². The van der Waals surface area contributed by atoms with Gasteiger partial charge in [-0.05, 0) is 25.5 Å². The van der Waals surface area contributed by atoms with E-state index in [4.69, 9.17) is 4.74 Å². The van der Waals surface area contributed by atoms with Gasteiger partial charge >= 0.3 is 0 Å². The van der Waals surface area contributed by atoms with Crippen molar-refractivity contribution in [3.8, 4) is 0 Å². The third-order valence-electron chi connectivity index (χ3n) is 4.59. The van der Waals surface area contributed by atoms with Crippen LogP contribution in [0, 0.1) is 12.8 Å². The molecule has 1 aromatic heterocycles. The lowest BCUT2D eigenvalue weighted by Gasteiger charge is -2.24. The summed E-state index contributed by atoms with van der Waals surface area (Å²) in [5.74, 6) is 2.59. The van der Waals surface area contributed by atoms with Gasteiger partial charge in [-0.15, -0.1) is 0 Å². The molecule has 6 heteroatoms. The Labute approximate surface area is 143 Å². The third-order valence-corrected chi connectivity index (χ3v) is 4.59. The fourth-order valence-electron chi connectivity index (χ4n) is 3.34. The molecule has 1 aromatic carbocycles. The van der Waals surface area contributed by atoms with Crippen LogP contribution >= 0.6 is 0 Å².